The number of esters is 1. The Hall–Kier alpha value is -3.14. The summed E-state index contributed by atoms with van der Waals surface area (Å²) in [5, 5.41) is 14.9. The third-order valence-corrected chi connectivity index (χ3v) is 5.04. The van der Waals surface area contributed by atoms with Crippen LogP contribution in [0, 0.1) is 13.8 Å². The molecule has 10 nitrogen and oxygen atoms in total. The fraction of sp³-hybridized carbons (Fsp3) is 0.600. The normalized spacial score (nSPS) is 12.8. The van der Waals surface area contributed by atoms with E-state index < -0.39 is 48.2 Å². The highest BCUT2D eigenvalue weighted by molar-refractivity contribution is 5.92. The summed E-state index contributed by atoms with van der Waals surface area (Å²) in [5.41, 5.74) is 1.41. The number of aryl methyl sites for hydroxylation is 2. The quantitative estimate of drug-likeness (QED) is 0.402. The first-order valence-corrected chi connectivity index (χ1v) is 11.7. The molecular weight excluding hydrogens is 454 g/mol. The summed E-state index contributed by atoms with van der Waals surface area (Å²) in [6, 6.07) is 3.36. The van der Waals surface area contributed by atoms with E-state index in [4.69, 9.17) is 9.47 Å². The summed E-state index contributed by atoms with van der Waals surface area (Å²) in [7, 11) is 0. The molecule has 0 aromatic heterocycles. The molecule has 2 atom stereocenters. The molecule has 0 saturated heterocycles. The highest BCUT2D eigenvalue weighted by atomic mass is 16.6. The molecule has 196 valence electrons. The lowest BCUT2D eigenvalue weighted by Crippen LogP contribution is -2.53. The van der Waals surface area contributed by atoms with E-state index in [2.05, 4.69) is 10.6 Å². The largest absolute Gasteiger partial charge is 0.466 e. The number of carbonyl (C=O) groups is 4. The van der Waals surface area contributed by atoms with Gasteiger partial charge in [-0.2, -0.15) is 0 Å². The van der Waals surface area contributed by atoms with Gasteiger partial charge >= 0.3 is 12.1 Å². The average molecular weight is 494 g/mol. The Morgan fingerprint density at radius 3 is 2.23 bits per heavy atom. The fourth-order valence-corrected chi connectivity index (χ4v) is 3.57. The van der Waals surface area contributed by atoms with E-state index in [9.17, 15) is 24.3 Å². The minimum atomic E-state index is -1.10. The van der Waals surface area contributed by atoms with Crippen molar-refractivity contribution in [2.75, 3.05) is 26.3 Å². The predicted octanol–water partition coefficient (Wildman–Crippen LogP) is 2.15. The second-order valence-electron chi connectivity index (χ2n) is 9.18. The molecule has 3 amide bonds. The van der Waals surface area contributed by atoms with Crippen LogP contribution in [0.15, 0.2) is 18.2 Å². The van der Waals surface area contributed by atoms with Crippen molar-refractivity contribution in [2.45, 2.75) is 72.6 Å². The molecule has 0 heterocycles. The van der Waals surface area contributed by atoms with Crippen molar-refractivity contribution in [3.05, 3.63) is 34.9 Å². The van der Waals surface area contributed by atoms with Gasteiger partial charge in [0, 0.05) is 13.1 Å². The molecule has 3 N–H and O–H groups in total. The van der Waals surface area contributed by atoms with E-state index in [1.54, 1.807) is 27.7 Å². The Bertz CT molecular complexity index is 875. The van der Waals surface area contributed by atoms with E-state index in [1.807, 2.05) is 32.0 Å². The Balaban J connectivity index is 3.27. The molecule has 0 bridgehead atoms. The first-order chi connectivity index (χ1) is 16.3. The van der Waals surface area contributed by atoms with Crippen LogP contribution in [0.2, 0.25) is 0 Å². The van der Waals surface area contributed by atoms with Crippen LogP contribution in [-0.4, -0.2) is 71.8 Å². The zero-order valence-corrected chi connectivity index (χ0v) is 21.8. The molecule has 1 aromatic carbocycles. The molecule has 0 spiro atoms. The lowest BCUT2D eigenvalue weighted by atomic mass is 9.93. The minimum absolute atomic E-state index is 0.0198. The van der Waals surface area contributed by atoms with Gasteiger partial charge in [0.2, 0.25) is 11.8 Å². The lowest BCUT2D eigenvalue weighted by molar-refractivity contribution is -0.144. The third-order valence-electron chi connectivity index (χ3n) is 5.04. The number of nitrogens with one attached hydrogen (secondary N) is 2. The number of carbonyl (C=O) groups excluding carboxylic acids is 4. The van der Waals surface area contributed by atoms with Gasteiger partial charge in [-0.1, -0.05) is 18.2 Å². The van der Waals surface area contributed by atoms with Crippen molar-refractivity contribution >= 4 is 23.9 Å². The van der Waals surface area contributed by atoms with Gasteiger partial charge in [0.25, 0.3) is 0 Å². The summed E-state index contributed by atoms with van der Waals surface area (Å²) in [4.78, 5) is 52.0. The number of rotatable bonds is 11. The molecule has 1 rings (SSSR count). The van der Waals surface area contributed by atoms with Gasteiger partial charge in [0.1, 0.15) is 17.7 Å². The maximum Gasteiger partial charge on any atom is 0.408 e. The first kappa shape index (κ1) is 29.9. The summed E-state index contributed by atoms with van der Waals surface area (Å²) >= 11 is 0. The number of ether oxygens (including phenoxy) is 2. The molecule has 35 heavy (non-hydrogen) atoms. The Morgan fingerprint density at radius 2 is 1.71 bits per heavy atom. The lowest BCUT2D eigenvalue weighted by Gasteiger charge is -2.34. The topological polar surface area (TPSA) is 134 Å². The first-order valence-electron chi connectivity index (χ1n) is 11.7. The second-order valence-corrected chi connectivity index (χ2v) is 9.18. The average Bonchev–Trinajstić information content (AvgIpc) is 2.73. The van der Waals surface area contributed by atoms with Crippen molar-refractivity contribution in [1.82, 2.24) is 15.5 Å². The standard InChI is InChI=1S/C25H39N3O7/c1-8-34-19(30)12-13-26-22(31)21(20-16(2)10-9-11-17(20)3)28(14-15-29)23(32)18(4)27-24(33)35-25(5,6)7/h9-11,18,21,29H,8,12-15H2,1-7H3,(H,26,31)(H,27,33). The van der Waals surface area contributed by atoms with E-state index in [0.717, 1.165) is 11.1 Å². The zero-order chi connectivity index (χ0) is 26.8. The van der Waals surface area contributed by atoms with Crippen LogP contribution < -0.4 is 10.6 Å². The van der Waals surface area contributed by atoms with Gasteiger partial charge in [-0.05, 0) is 65.2 Å². The van der Waals surface area contributed by atoms with Crippen molar-refractivity contribution < 1.29 is 33.8 Å². The van der Waals surface area contributed by atoms with Gasteiger partial charge in [-0.25, -0.2) is 4.79 Å². The van der Waals surface area contributed by atoms with Gasteiger partial charge in [0.15, 0.2) is 0 Å². The smallest absolute Gasteiger partial charge is 0.408 e. The molecule has 1 aromatic rings. The molecule has 0 fully saturated rings. The van der Waals surface area contributed by atoms with E-state index in [1.165, 1.54) is 11.8 Å². The van der Waals surface area contributed by atoms with Crippen LogP contribution in [0.1, 0.15) is 63.8 Å². The van der Waals surface area contributed by atoms with Crippen molar-refractivity contribution in [3.63, 3.8) is 0 Å². The van der Waals surface area contributed by atoms with Crippen LogP contribution in [0.25, 0.3) is 0 Å². The summed E-state index contributed by atoms with van der Waals surface area (Å²) in [6.07, 6.45) is -0.798. The highest BCUT2D eigenvalue weighted by Crippen LogP contribution is 2.28. The number of hydrogen-bond acceptors (Lipinski definition) is 7. The second kappa shape index (κ2) is 13.7. The van der Waals surface area contributed by atoms with Crippen LogP contribution in [0.3, 0.4) is 0 Å². The van der Waals surface area contributed by atoms with Crippen molar-refractivity contribution in [3.8, 4) is 0 Å². The number of amides is 3. The molecular formula is C25H39N3O7. The van der Waals surface area contributed by atoms with Crippen LogP contribution in [0.5, 0.6) is 0 Å². The molecule has 0 aliphatic carbocycles. The monoisotopic (exact) mass is 493 g/mol. The SMILES string of the molecule is CCOC(=O)CCNC(=O)C(c1c(C)cccc1C)N(CCO)C(=O)C(C)NC(=O)OC(C)(C)C. The van der Waals surface area contributed by atoms with Gasteiger partial charge in [-0.3, -0.25) is 14.4 Å². The van der Waals surface area contributed by atoms with Crippen LogP contribution in [-0.2, 0) is 23.9 Å². The van der Waals surface area contributed by atoms with Crippen molar-refractivity contribution in [1.29, 1.82) is 0 Å². The number of alkyl carbamates (subject to hydrolysis) is 1. The number of aliphatic hydroxyl groups excluding tert-OH is 1. The fourth-order valence-electron chi connectivity index (χ4n) is 3.57. The maximum absolute atomic E-state index is 13.4. The molecule has 0 aliphatic rings. The van der Waals surface area contributed by atoms with Gasteiger partial charge in [0.05, 0.1) is 19.6 Å². The van der Waals surface area contributed by atoms with Gasteiger partial charge < -0.3 is 30.1 Å². The molecule has 0 radical (unpaired) electrons. The molecule has 2 unspecified atom stereocenters. The van der Waals surface area contributed by atoms with E-state index >= 15 is 0 Å². The third kappa shape index (κ3) is 9.56. The number of benzene rings is 1. The summed E-state index contributed by atoms with van der Waals surface area (Å²) < 4.78 is 10.1. The molecule has 0 aliphatic heterocycles. The Morgan fingerprint density at radius 1 is 1.11 bits per heavy atom. The Kier molecular flexibility index (Phi) is 11.7. The number of nitrogens with zero attached hydrogens (tertiary/aromatic N) is 1. The molecule has 0 saturated carbocycles. The van der Waals surface area contributed by atoms with Crippen LogP contribution in [0.4, 0.5) is 4.79 Å². The molecule has 10 heteroatoms. The maximum atomic E-state index is 13.4. The Labute approximate surface area is 207 Å². The predicted molar refractivity (Wildman–Crippen MR) is 131 cm³/mol. The van der Waals surface area contributed by atoms with Crippen molar-refractivity contribution in [2.24, 2.45) is 0 Å². The number of aliphatic hydroxyl groups is 1. The summed E-state index contributed by atoms with van der Waals surface area (Å²) in [6.45, 7) is 11.6. The van der Waals surface area contributed by atoms with E-state index in [0.29, 0.717) is 5.56 Å². The number of hydrogen-bond donors (Lipinski definition) is 3. The van der Waals surface area contributed by atoms with Crippen LogP contribution >= 0.6 is 0 Å². The van der Waals surface area contributed by atoms with Gasteiger partial charge in [-0.15, -0.1) is 0 Å². The van der Waals surface area contributed by atoms with E-state index in [-0.39, 0.29) is 26.1 Å². The minimum Gasteiger partial charge on any atom is -0.466 e. The zero-order valence-electron chi connectivity index (χ0n) is 21.8. The highest BCUT2D eigenvalue weighted by Gasteiger charge is 2.36. The summed E-state index contributed by atoms with van der Waals surface area (Å²) in [5.74, 6) is -1.54.